The van der Waals surface area contributed by atoms with E-state index in [9.17, 15) is 4.79 Å². The summed E-state index contributed by atoms with van der Waals surface area (Å²) in [6.07, 6.45) is 1.32. The van der Waals surface area contributed by atoms with Gasteiger partial charge in [-0.25, -0.2) is 4.79 Å². The van der Waals surface area contributed by atoms with Gasteiger partial charge in [0.1, 0.15) is 22.7 Å². The minimum Gasteiger partial charge on any atom is -0.477 e. The van der Waals surface area contributed by atoms with Gasteiger partial charge >= 0.3 is 5.97 Å². The van der Waals surface area contributed by atoms with Crippen molar-refractivity contribution in [2.45, 2.75) is 58.0 Å². The maximum absolute atomic E-state index is 11.9. The highest BCUT2D eigenvalue weighted by Crippen LogP contribution is 2.35. The quantitative estimate of drug-likeness (QED) is 0.178. The smallest absolute Gasteiger partial charge is 0.333 e. The van der Waals surface area contributed by atoms with E-state index in [1.54, 1.807) is 6.92 Å². The van der Waals surface area contributed by atoms with Gasteiger partial charge in [-0.15, -0.1) is 12.6 Å². The van der Waals surface area contributed by atoms with E-state index in [0.717, 1.165) is 28.7 Å². The molecule has 5 heteroatoms. The predicted octanol–water partition coefficient (Wildman–Crippen LogP) is 6.98. The van der Waals surface area contributed by atoms with Crippen LogP contribution in [0.5, 0.6) is 5.75 Å². The van der Waals surface area contributed by atoms with Gasteiger partial charge in [-0.2, -0.15) is 0 Å². The Kier molecular flexibility index (Phi) is 6.56. The van der Waals surface area contributed by atoms with Gasteiger partial charge < -0.3 is 13.9 Å². The van der Waals surface area contributed by atoms with Crippen LogP contribution in [0.1, 0.15) is 46.6 Å². The van der Waals surface area contributed by atoms with Crippen LogP contribution in [0.3, 0.4) is 0 Å². The van der Waals surface area contributed by atoms with Gasteiger partial charge in [-0.3, -0.25) is 0 Å². The van der Waals surface area contributed by atoms with E-state index < -0.39 is 16.5 Å². The molecule has 3 rings (SSSR count). The third-order valence-corrected chi connectivity index (χ3v) is 5.21. The first-order chi connectivity index (χ1) is 14.5. The fraction of sp³-hybridized carbons (Fsp3) is 0.346. The van der Waals surface area contributed by atoms with Crippen LogP contribution in [0.4, 0.5) is 0 Å². The molecule has 0 saturated carbocycles. The molecule has 0 amide bonds. The number of ether oxygens (including phenoxy) is 2. The first-order valence-corrected chi connectivity index (χ1v) is 10.9. The van der Waals surface area contributed by atoms with Gasteiger partial charge in [0.2, 0.25) is 0 Å². The summed E-state index contributed by atoms with van der Waals surface area (Å²) in [4.78, 5) is 11.0. The summed E-state index contributed by atoms with van der Waals surface area (Å²) in [6, 6.07) is 16.0. The highest BCUT2D eigenvalue weighted by molar-refractivity contribution is 7.81. The zero-order valence-electron chi connectivity index (χ0n) is 18.8. The molecule has 0 spiro atoms. The van der Waals surface area contributed by atoms with Gasteiger partial charge in [0.05, 0.1) is 0 Å². The molecule has 0 aliphatic rings. The number of hydrogen-bond acceptors (Lipinski definition) is 5. The summed E-state index contributed by atoms with van der Waals surface area (Å²) in [5.41, 5.74) is 2.68. The normalized spacial score (nSPS) is 13.6. The third kappa shape index (κ3) is 5.73. The van der Waals surface area contributed by atoms with Gasteiger partial charge in [-0.1, -0.05) is 37.8 Å². The van der Waals surface area contributed by atoms with Gasteiger partial charge in [-0.05, 0) is 57.9 Å². The van der Waals surface area contributed by atoms with Crippen molar-refractivity contribution < 1.29 is 18.7 Å². The van der Waals surface area contributed by atoms with Crippen LogP contribution in [-0.4, -0.2) is 16.5 Å². The first kappa shape index (κ1) is 23.0. The lowest BCUT2D eigenvalue weighted by molar-refractivity contribution is -0.153. The Bertz CT molecular complexity index is 1110. The molecule has 1 unspecified atom stereocenters. The fourth-order valence-electron chi connectivity index (χ4n) is 3.73. The number of fused-ring (bicyclic) bond motifs is 1. The largest absolute Gasteiger partial charge is 0.477 e. The summed E-state index contributed by atoms with van der Waals surface area (Å²) in [5.74, 6) is 1.05. The second-order valence-electron chi connectivity index (χ2n) is 8.70. The maximum Gasteiger partial charge on any atom is 0.333 e. The van der Waals surface area contributed by atoms with Crippen molar-refractivity contribution >= 4 is 29.6 Å². The monoisotopic (exact) mass is 438 g/mol. The first-order valence-electron chi connectivity index (χ1n) is 10.4. The number of esters is 1. The van der Waals surface area contributed by atoms with Crippen LogP contribution in [0.25, 0.3) is 22.3 Å². The van der Waals surface area contributed by atoms with E-state index in [1.165, 1.54) is 5.56 Å². The average Bonchev–Trinajstić information content (AvgIpc) is 3.09. The number of benzene rings is 2. The van der Waals surface area contributed by atoms with Crippen molar-refractivity contribution in [3.05, 3.63) is 66.2 Å². The summed E-state index contributed by atoms with van der Waals surface area (Å²) < 4.78 is 17.8. The summed E-state index contributed by atoms with van der Waals surface area (Å²) >= 11 is 4.68. The second-order valence-corrected chi connectivity index (χ2v) is 9.65. The highest BCUT2D eigenvalue weighted by Gasteiger charge is 2.34. The SMILES string of the molecule is C=C(C)C(=O)OC(C)(C)CC(C)(S)Oc1ccc2cc(-c3ccccc3CC)oc2c1. The number of hydrogen-bond donors (Lipinski definition) is 1. The lowest BCUT2D eigenvalue weighted by Gasteiger charge is -2.34. The Hall–Kier alpha value is -2.66. The van der Waals surface area contributed by atoms with E-state index in [2.05, 4.69) is 38.3 Å². The van der Waals surface area contributed by atoms with E-state index in [0.29, 0.717) is 17.7 Å². The van der Waals surface area contributed by atoms with Crippen molar-refractivity contribution in [2.24, 2.45) is 0 Å². The molecule has 0 aliphatic carbocycles. The van der Waals surface area contributed by atoms with Crippen LogP contribution in [0.2, 0.25) is 0 Å². The van der Waals surface area contributed by atoms with Crippen molar-refractivity contribution in [3.63, 3.8) is 0 Å². The summed E-state index contributed by atoms with van der Waals surface area (Å²) in [5, 5.41) is 1.00. The Morgan fingerprint density at radius 1 is 1.13 bits per heavy atom. The molecule has 1 atom stereocenters. The highest BCUT2D eigenvalue weighted by atomic mass is 32.1. The van der Waals surface area contributed by atoms with Crippen molar-refractivity contribution in [3.8, 4) is 17.1 Å². The van der Waals surface area contributed by atoms with Crippen LogP contribution in [0, 0.1) is 0 Å². The third-order valence-electron chi connectivity index (χ3n) is 4.96. The topological polar surface area (TPSA) is 48.7 Å². The van der Waals surface area contributed by atoms with Gasteiger partial charge in [0.15, 0.2) is 4.93 Å². The van der Waals surface area contributed by atoms with E-state index in [1.807, 2.05) is 57.2 Å². The Morgan fingerprint density at radius 2 is 1.84 bits per heavy atom. The number of carbonyl (C=O) groups excluding carboxylic acids is 1. The molecule has 0 saturated heterocycles. The van der Waals surface area contributed by atoms with Crippen LogP contribution in [-0.2, 0) is 16.0 Å². The lowest BCUT2D eigenvalue weighted by atomic mass is 10.0. The number of furan rings is 1. The van der Waals surface area contributed by atoms with Crippen molar-refractivity contribution in [1.29, 1.82) is 0 Å². The molecular formula is C26H30O4S. The van der Waals surface area contributed by atoms with Crippen LogP contribution < -0.4 is 4.74 Å². The molecule has 0 N–H and O–H groups in total. The lowest BCUT2D eigenvalue weighted by Crippen LogP contribution is -2.39. The molecule has 0 bridgehead atoms. The molecule has 164 valence electrons. The number of aryl methyl sites for hydroxylation is 1. The summed E-state index contributed by atoms with van der Waals surface area (Å²) in [7, 11) is 0. The number of rotatable bonds is 8. The van der Waals surface area contributed by atoms with Gasteiger partial charge in [0, 0.05) is 29.0 Å². The van der Waals surface area contributed by atoms with E-state index >= 15 is 0 Å². The summed E-state index contributed by atoms with van der Waals surface area (Å²) in [6.45, 7) is 12.9. The molecule has 2 aromatic carbocycles. The molecule has 1 heterocycles. The minimum atomic E-state index is -0.864. The molecule has 1 aromatic heterocycles. The number of carbonyl (C=O) groups is 1. The zero-order chi connectivity index (χ0) is 22.8. The second kappa shape index (κ2) is 8.83. The minimum absolute atomic E-state index is 0.360. The Labute approximate surface area is 189 Å². The Balaban J connectivity index is 1.80. The molecule has 31 heavy (non-hydrogen) atoms. The van der Waals surface area contributed by atoms with Crippen LogP contribution in [0.15, 0.2) is 65.1 Å². The van der Waals surface area contributed by atoms with Crippen molar-refractivity contribution in [2.75, 3.05) is 0 Å². The molecule has 0 radical (unpaired) electrons. The van der Waals surface area contributed by atoms with Crippen molar-refractivity contribution in [1.82, 2.24) is 0 Å². The zero-order valence-corrected chi connectivity index (χ0v) is 19.7. The van der Waals surface area contributed by atoms with Gasteiger partial charge in [0.25, 0.3) is 0 Å². The predicted molar refractivity (Wildman–Crippen MR) is 129 cm³/mol. The standard InChI is InChI=1S/C26H30O4S/c1-7-18-10-8-9-11-21(18)23-14-19-12-13-20(15-22(19)28-23)29-26(6,31)16-25(4,5)30-24(27)17(2)3/h8-15,31H,2,7,16H2,1,3-6H3. The average molecular weight is 439 g/mol. The molecule has 0 aliphatic heterocycles. The van der Waals surface area contributed by atoms with E-state index in [4.69, 9.17) is 13.9 Å². The molecule has 0 fully saturated rings. The molecule has 3 aromatic rings. The molecule has 4 nitrogen and oxygen atoms in total. The number of thiol groups is 1. The Morgan fingerprint density at radius 3 is 2.52 bits per heavy atom. The maximum atomic E-state index is 11.9. The fourth-order valence-corrected chi connectivity index (χ4v) is 4.22. The van der Waals surface area contributed by atoms with E-state index in [-0.39, 0.29) is 0 Å². The van der Waals surface area contributed by atoms with Crippen LogP contribution >= 0.6 is 12.6 Å². The molecular weight excluding hydrogens is 408 g/mol.